The third-order valence-electron chi connectivity index (χ3n) is 3.71. The lowest BCUT2D eigenvalue weighted by atomic mass is 10.1. The minimum Gasteiger partial charge on any atom is -0.295 e. The molecule has 0 spiro atoms. The molecule has 0 aliphatic rings. The van der Waals surface area contributed by atoms with Crippen LogP contribution in [0, 0.1) is 13.8 Å². The highest BCUT2D eigenvalue weighted by atomic mass is 32.1. The molecule has 0 aliphatic carbocycles. The second kappa shape index (κ2) is 5.37. The van der Waals surface area contributed by atoms with Crippen molar-refractivity contribution in [3.63, 3.8) is 0 Å². The van der Waals surface area contributed by atoms with E-state index in [1.807, 2.05) is 20.8 Å². The lowest BCUT2D eigenvalue weighted by Gasteiger charge is -2.14. The fourth-order valence-corrected chi connectivity index (χ4v) is 3.39. The molecular formula is C15H16N4OS. The molecule has 0 N–H and O–H groups in total. The highest BCUT2D eigenvalue weighted by Crippen LogP contribution is 2.26. The maximum atomic E-state index is 12.7. The van der Waals surface area contributed by atoms with Gasteiger partial charge in [-0.2, -0.15) is 0 Å². The van der Waals surface area contributed by atoms with Gasteiger partial charge in [0.1, 0.15) is 4.83 Å². The largest absolute Gasteiger partial charge is 0.295 e. The summed E-state index contributed by atoms with van der Waals surface area (Å²) < 4.78 is 1.69. The van der Waals surface area contributed by atoms with Crippen LogP contribution in [0.25, 0.3) is 10.2 Å². The second-order valence-electron chi connectivity index (χ2n) is 5.17. The molecule has 0 aliphatic heterocycles. The average molecular weight is 300 g/mol. The van der Waals surface area contributed by atoms with Crippen molar-refractivity contribution in [2.45, 2.75) is 33.2 Å². The SMILES string of the molecule is Cc1sc2ncn([C@@H](C)Cc3cnccn3)c(=O)c2c1C. The van der Waals surface area contributed by atoms with Crippen LogP contribution in [0.2, 0.25) is 0 Å². The highest BCUT2D eigenvalue weighted by molar-refractivity contribution is 7.18. The van der Waals surface area contributed by atoms with Crippen LogP contribution in [-0.4, -0.2) is 19.5 Å². The highest BCUT2D eigenvalue weighted by Gasteiger charge is 2.15. The molecule has 6 heteroatoms. The summed E-state index contributed by atoms with van der Waals surface area (Å²) in [5.41, 5.74) is 1.93. The van der Waals surface area contributed by atoms with Crippen LogP contribution in [0.4, 0.5) is 0 Å². The van der Waals surface area contributed by atoms with Crippen molar-refractivity contribution in [2.75, 3.05) is 0 Å². The average Bonchev–Trinajstić information content (AvgIpc) is 2.76. The van der Waals surface area contributed by atoms with E-state index in [2.05, 4.69) is 15.0 Å². The molecule has 0 amide bonds. The van der Waals surface area contributed by atoms with E-state index in [1.165, 1.54) is 0 Å². The van der Waals surface area contributed by atoms with E-state index in [9.17, 15) is 4.79 Å². The first-order valence-corrected chi connectivity index (χ1v) is 7.61. The monoisotopic (exact) mass is 300 g/mol. The maximum absolute atomic E-state index is 12.7. The van der Waals surface area contributed by atoms with Crippen molar-refractivity contribution in [1.82, 2.24) is 19.5 Å². The molecule has 5 nitrogen and oxygen atoms in total. The zero-order valence-electron chi connectivity index (χ0n) is 12.2. The number of thiophene rings is 1. The van der Waals surface area contributed by atoms with Crippen LogP contribution < -0.4 is 5.56 Å². The molecule has 1 atom stereocenters. The van der Waals surface area contributed by atoms with E-state index in [0.29, 0.717) is 6.42 Å². The number of aromatic nitrogens is 4. The van der Waals surface area contributed by atoms with Crippen molar-refractivity contribution in [1.29, 1.82) is 0 Å². The van der Waals surface area contributed by atoms with E-state index >= 15 is 0 Å². The second-order valence-corrected chi connectivity index (χ2v) is 6.37. The van der Waals surface area contributed by atoms with Crippen LogP contribution in [0.5, 0.6) is 0 Å². The van der Waals surface area contributed by atoms with Gasteiger partial charge in [0, 0.05) is 35.9 Å². The Balaban J connectivity index is 2.02. The third kappa shape index (κ3) is 2.47. The normalized spacial score (nSPS) is 12.7. The zero-order chi connectivity index (χ0) is 15.0. The van der Waals surface area contributed by atoms with Gasteiger partial charge in [-0.3, -0.25) is 19.3 Å². The van der Waals surface area contributed by atoms with Gasteiger partial charge in [-0.1, -0.05) is 0 Å². The number of nitrogens with zero attached hydrogens (tertiary/aromatic N) is 4. The molecule has 3 aromatic rings. The standard InChI is InChI=1S/C15H16N4OS/c1-9(6-12-7-16-4-5-17-12)19-8-18-14-13(15(19)20)10(2)11(3)21-14/h4-5,7-9H,6H2,1-3H3/t9-/m0/s1. The van der Waals surface area contributed by atoms with Gasteiger partial charge in [0.25, 0.3) is 5.56 Å². The molecule has 108 valence electrons. The lowest BCUT2D eigenvalue weighted by molar-refractivity contribution is 0.517. The molecule has 0 aromatic carbocycles. The van der Waals surface area contributed by atoms with Crippen LogP contribution in [0.15, 0.2) is 29.7 Å². The summed E-state index contributed by atoms with van der Waals surface area (Å²) in [7, 11) is 0. The van der Waals surface area contributed by atoms with Crippen molar-refractivity contribution in [3.05, 3.63) is 51.4 Å². The predicted molar refractivity (Wildman–Crippen MR) is 83.8 cm³/mol. The summed E-state index contributed by atoms with van der Waals surface area (Å²) in [6, 6.07) is -0.00861. The summed E-state index contributed by atoms with van der Waals surface area (Å²) in [4.78, 5) is 27.4. The summed E-state index contributed by atoms with van der Waals surface area (Å²) in [6.45, 7) is 6.00. The number of fused-ring (bicyclic) bond motifs is 1. The van der Waals surface area contributed by atoms with Gasteiger partial charge in [-0.15, -0.1) is 11.3 Å². The van der Waals surface area contributed by atoms with Crippen molar-refractivity contribution >= 4 is 21.6 Å². The van der Waals surface area contributed by atoms with Crippen LogP contribution in [0.1, 0.15) is 29.1 Å². The van der Waals surface area contributed by atoms with E-state index in [0.717, 1.165) is 26.4 Å². The fraction of sp³-hybridized carbons (Fsp3) is 0.333. The minimum absolute atomic E-state index is 0.00861. The fourth-order valence-electron chi connectivity index (χ4n) is 2.40. The molecular weight excluding hydrogens is 284 g/mol. The van der Waals surface area contributed by atoms with E-state index < -0.39 is 0 Å². The summed E-state index contributed by atoms with van der Waals surface area (Å²) in [6.07, 6.45) is 7.34. The van der Waals surface area contributed by atoms with Gasteiger partial charge in [0.15, 0.2) is 0 Å². The van der Waals surface area contributed by atoms with Crippen molar-refractivity contribution in [3.8, 4) is 0 Å². The first-order chi connectivity index (χ1) is 10.1. The Kier molecular flexibility index (Phi) is 3.55. The van der Waals surface area contributed by atoms with Crippen LogP contribution in [-0.2, 0) is 6.42 Å². The Bertz CT molecular complexity index is 838. The van der Waals surface area contributed by atoms with Crippen LogP contribution >= 0.6 is 11.3 Å². The molecule has 0 saturated heterocycles. The molecule has 3 aromatic heterocycles. The molecule has 0 unspecified atom stereocenters. The Morgan fingerprint density at radius 1 is 1.29 bits per heavy atom. The smallest absolute Gasteiger partial charge is 0.262 e. The molecule has 3 rings (SSSR count). The first kappa shape index (κ1) is 13.9. The summed E-state index contributed by atoms with van der Waals surface area (Å²) in [5.74, 6) is 0. The summed E-state index contributed by atoms with van der Waals surface area (Å²) >= 11 is 1.57. The maximum Gasteiger partial charge on any atom is 0.262 e. The summed E-state index contributed by atoms with van der Waals surface area (Å²) in [5, 5.41) is 0.742. The first-order valence-electron chi connectivity index (χ1n) is 6.79. The number of aryl methyl sites for hydroxylation is 2. The minimum atomic E-state index is -0.00861. The Morgan fingerprint density at radius 3 is 2.81 bits per heavy atom. The van der Waals surface area contributed by atoms with Gasteiger partial charge in [-0.05, 0) is 26.3 Å². The predicted octanol–water partition coefficient (Wildman–Crippen LogP) is 2.67. The van der Waals surface area contributed by atoms with Gasteiger partial charge in [-0.25, -0.2) is 4.98 Å². The van der Waals surface area contributed by atoms with Crippen molar-refractivity contribution < 1.29 is 0 Å². The van der Waals surface area contributed by atoms with E-state index in [1.54, 1.807) is 40.8 Å². The Morgan fingerprint density at radius 2 is 2.10 bits per heavy atom. The van der Waals surface area contributed by atoms with Gasteiger partial charge < -0.3 is 0 Å². The molecule has 0 saturated carbocycles. The molecule has 0 fully saturated rings. The van der Waals surface area contributed by atoms with Gasteiger partial charge >= 0.3 is 0 Å². The third-order valence-corrected chi connectivity index (χ3v) is 4.83. The van der Waals surface area contributed by atoms with Crippen molar-refractivity contribution in [2.24, 2.45) is 0 Å². The number of hydrogen-bond acceptors (Lipinski definition) is 5. The van der Waals surface area contributed by atoms with Gasteiger partial charge in [0.05, 0.1) is 17.4 Å². The van der Waals surface area contributed by atoms with Crippen LogP contribution in [0.3, 0.4) is 0 Å². The molecule has 0 radical (unpaired) electrons. The topological polar surface area (TPSA) is 60.7 Å². The molecule has 3 heterocycles. The quantitative estimate of drug-likeness (QED) is 0.746. The Labute approximate surface area is 126 Å². The lowest BCUT2D eigenvalue weighted by Crippen LogP contribution is -2.25. The van der Waals surface area contributed by atoms with E-state index in [4.69, 9.17) is 0 Å². The molecule has 0 bridgehead atoms. The number of rotatable bonds is 3. The molecule has 21 heavy (non-hydrogen) atoms. The van der Waals surface area contributed by atoms with Gasteiger partial charge in [0.2, 0.25) is 0 Å². The van der Waals surface area contributed by atoms with E-state index in [-0.39, 0.29) is 11.6 Å². The Hall–Kier alpha value is -2.08. The number of hydrogen-bond donors (Lipinski definition) is 0. The zero-order valence-corrected chi connectivity index (χ0v) is 13.0.